The number of carbonyl (C=O) groups excluding carboxylic acids is 2. The van der Waals surface area contributed by atoms with Crippen LogP contribution in [0.1, 0.15) is 20.3 Å². The molecule has 7 nitrogen and oxygen atoms in total. The smallest absolute Gasteiger partial charge is 0.410 e. The van der Waals surface area contributed by atoms with Gasteiger partial charge in [0.15, 0.2) is 5.82 Å². The van der Waals surface area contributed by atoms with Crippen LogP contribution in [0.15, 0.2) is 17.0 Å². The topological polar surface area (TPSA) is 84.4 Å². The molecule has 2 rings (SSSR count). The quantitative estimate of drug-likeness (QED) is 0.855. The maximum atomic E-state index is 13.7. The highest BCUT2D eigenvalue weighted by molar-refractivity contribution is 9.10. The van der Waals surface area contributed by atoms with Gasteiger partial charge in [0, 0.05) is 6.42 Å². The van der Waals surface area contributed by atoms with Gasteiger partial charge in [0.1, 0.15) is 16.8 Å². The Morgan fingerprint density at radius 3 is 2.91 bits per heavy atom. The number of alkyl halides is 1. The summed E-state index contributed by atoms with van der Waals surface area (Å²) in [4.78, 5) is 33.4. The molecule has 0 bridgehead atoms. The van der Waals surface area contributed by atoms with E-state index in [0.717, 1.165) is 4.90 Å². The molecule has 126 valence electrons. The number of ether oxygens (including phenoxy) is 1. The lowest BCUT2D eigenvalue weighted by Crippen LogP contribution is -2.43. The SMILES string of the molecule is CC(C)COC(=O)N1CC(F)CC1C(=O)Nc1cncc(Br)n1. The van der Waals surface area contributed by atoms with Gasteiger partial charge in [-0.1, -0.05) is 13.8 Å². The molecule has 2 atom stereocenters. The molecular formula is C14H18BrFN4O3. The first-order valence-corrected chi connectivity index (χ1v) is 8.02. The van der Waals surface area contributed by atoms with Crippen molar-refractivity contribution in [1.29, 1.82) is 0 Å². The van der Waals surface area contributed by atoms with Crippen molar-refractivity contribution in [2.24, 2.45) is 5.92 Å². The molecule has 2 unspecified atom stereocenters. The molecule has 2 heterocycles. The van der Waals surface area contributed by atoms with Crippen LogP contribution in [0.25, 0.3) is 0 Å². The number of anilines is 1. The van der Waals surface area contributed by atoms with E-state index in [1.165, 1.54) is 12.4 Å². The second kappa shape index (κ2) is 7.67. The van der Waals surface area contributed by atoms with Gasteiger partial charge in [0.2, 0.25) is 5.91 Å². The Hall–Kier alpha value is -1.77. The minimum Gasteiger partial charge on any atom is -0.449 e. The second-order valence-electron chi connectivity index (χ2n) is 5.69. The average molecular weight is 389 g/mol. The summed E-state index contributed by atoms with van der Waals surface area (Å²) in [5.74, 6) is -0.131. The van der Waals surface area contributed by atoms with Crippen LogP contribution in [-0.2, 0) is 9.53 Å². The molecule has 0 spiro atoms. The van der Waals surface area contributed by atoms with E-state index < -0.39 is 24.2 Å². The molecule has 1 aliphatic rings. The predicted octanol–water partition coefficient (Wildman–Crippen LogP) is 2.38. The average Bonchev–Trinajstić information content (AvgIpc) is 2.87. The maximum absolute atomic E-state index is 13.7. The molecule has 1 N–H and O–H groups in total. The van der Waals surface area contributed by atoms with Crippen molar-refractivity contribution in [1.82, 2.24) is 14.9 Å². The number of nitrogens with zero attached hydrogens (tertiary/aromatic N) is 3. The zero-order valence-electron chi connectivity index (χ0n) is 12.8. The summed E-state index contributed by atoms with van der Waals surface area (Å²) in [5, 5.41) is 2.54. The maximum Gasteiger partial charge on any atom is 0.410 e. The molecule has 1 aliphatic heterocycles. The number of hydrogen-bond acceptors (Lipinski definition) is 5. The Bertz CT molecular complexity index is 587. The Morgan fingerprint density at radius 2 is 2.26 bits per heavy atom. The molecule has 23 heavy (non-hydrogen) atoms. The van der Waals surface area contributed by atoms with Crippen LogP contribution in [-0.4, -0.2) is 52.2 Å². The summed E-state index contributed by atoms with van der Waals surface area (Å²) in [6, 6.07) is -0.926. The van der Waals surface area contributed by atoms with Crippen molar-refractivity contribution >= 4 is 33.7 Å². The highest BCUT2D eigenvalue weighted by Gasteiger charge is 2.40. The van der Waals surface area contributed by atoms with Crippen molar-refractivity contribution < 1.29 is 18.7 Å². The van der Waals surface area contributed by atoms with Gasteiger partial charge in [0.25, 0.3) is 0 Å². The van der Waals surface area contributed by atoms with Crippen molar-refractivity contribution in [3.63, 3.8) is 0 Å². The van der Waals surface area contributed by atoms with E-state index in [-0.39, 0.29) is 31.3 Å². The molecule has 0 aliphatic carbocycles. The highest BCUT2D eigenvalue weighted by Crippen LogP contribution is 2.23. The molecule has 0 radical (unpaired) electrons. The zero-order valence-corrected chi connectivity index (χ0v) is 14.4. The van der Waals surface area contributed by atoms with Crippen LogP contribution in [0.4, 0.5) is 15.0 Å². The van der Waals surface area contributed by atoms with Gasteiger partial charge < -0.3 is 10.1 Å². The molecule has 0 aromatic carbocycles. The summed E-state index contributed by atoms with van der Waals surface area (Å²) in [7, 11) is 0. The van der Waals surface area contributed by atoms with Gasteiger partial charge in [-0.15, -0.1) is 0 Å². The molecule has 0 saturated carbocycles. The number of likely N-dealkylation sites (tertiary alicyclic amines) is 1. The van der Waals surface area contributed by atoms with E-state index in [1.54, 1.807) is 0 Å². The number of amides is 2. The lowest BCUT2D eigenvalue weighted by molar-refractivity contribution is -0.120. The van der Waals surface area contributed by atoms with Crippen LogP contribution < -0.4 is 5.32 Å². The van der Waals surface area contributed by atoms with Crippen molar-refractivity contribution in [2.45, 2.75) is 32.5 Å². The largest absolute Gasteiger partial charge is 0.449 e. The first-order valence-electron chi connectivity index (χ1n) is 7.22. The third-order valence-electron chi connectivity index (χ3n) is 3.18. The summed E-state index contributed by atoms with van der Waals surface area (Å²) >= 11 is 3.14. The fourth-order valence-corrected chi connectivity index (χ4v) is 2.48. The first-order chi connectivity index (χ1) is 10.9. The van der Waals surface area contributed by atoms with Crippen molar-refractivity contribution in [3.8, 4) is 0 Å². The summed E-state index contributed by atoms with van der Waals surface area (Å²) in [5.41, 5.74) is 0. The molecule has 9 heteroatoms. The van der Waals surface area contributed by atoms with E-state index in [0.29, 0.717) is 4.60 Å². The summed E-state index contributed by atoms with van der Waals surface area (Å²) < 4.78 is 19.2. The van der Waals surface area contributed by atoms with E-state index in [9.17, 15) is 14.0 Å². The van der Waals surface area contributed by atoms with E-state index in [2.05, 4.69) is 31.2 Å². The van der Waals surface area contributed by atoms with E-state index >= 15 is 0 Å². The highest BCUT2D eigenvalue weighted by atomic mass is 79.9. The number of rotatable bonds is 4. The predicted molar refractivity (Wildman–Crippen MR) is 84.6 cm³/mol. The Balaban J connectivity index is 2.03. The van der Waals surface area contributed by atoms with Crippen molar-refractivity contribution in [2.75, 3.05) is 18.5 Å². The third kappa shape index (κ3) is 4.85. The number of aromatic nitrogens is 2. The number of carbonyl (C=O) groups is 2. The Labute approximate surface area is 141 Å². The molecule has 2 amide bonds. The molecule has 1 aromatic heterocycles. The van der Waals surface area contributed by atoms with Gasteiger partial charge >= 0.3 is 6.09 Å². The van der Waals surface area contributed by atoms with Crippen molar-refractivity contribution in [3.05, 3.63) is 17.0 Å². The normalized spacial score (nSPS) is 20.7. The monoisotopic (exact) mass is 388 g/mol. The van der Waals surface area contributed by atoms with Gasteiger partial charge in [-0.3, -0.25) is 14.7 Å². The van der Waals surface area contributed by atoms with Gasteiger partial charge in [-0.25, -0.2) is 14.2 Å². The van der Waals surface area contributed by atoms with Crippen LogP contribution in [0.3, 0.4) is 0 Å². The van der Waals surface area contributed by atoms with Gasteiger partial charge in [-0.05, 0) is 21.8 Å². The number of hydrogen-bond donors (Lipinski definition) is 1. The summed E-state index contributed by atoms with van der Waals surface area (Å²) in [6.45, 7) is 3.85. The van der Waals surface area contributed by atoms with E-state index in [4.69, 9.17) is 4.74 Å². The molecule has 1 saturated heterocycles. The Morgan fingerprint density at radius 1 is 1.52 bits per heavy atom. The lowest BCUT2D eigenvalue weighted by Gasteiger charge is -2.23. The minimum absolute atomic E-state index is 0.0654. The number of nitrogens with one attached hydrogen (secondary N) is 1. The molecule has 1 aromatic rings. The van der Waals surface area contributed by atoms with Crippen LogP contribution in [0.2, 0.25) is 0 Å². The first kappa shape index (κ1) is 17.6. The van der Waals surface area contributed by atoms with Crippen LogP contribution in [0, 0.1) is 5.92 Å². The molecule has 1 fully saturated rings. The fourth-order valence-electron chi connectivity index (χ4n) is 2.17. The minimum atomic E-state index is -1.26. The lowest BCUT2D eigenvalue weighted by atomic mass is 10.2. The van der Waals surface area contributed by atoms with Gasteiger partial charge in [0.05, 0.1) is 25.5 Å². The van der Waals surface area contributed by atoms with Crippen LogP contribution in [0.5, 0.6) is 0 Å². The zero-order chi connectivity index (χ0) is 17.0. The Kier molecular flexibility index (Phi) is 5.86. The standard InChI is InChI=1S/C14H18BrFN4O3/c1-8(2)7-23-14(22)20-6-9(16)3-10(20)13(21)19-12-5-17-4-11(15)18-12/h4-5,8-10H,3,6-7H2,1-2H3,(H,18,19,21). The number of halogens is 2. The molecular weight excluding hydrogens is 371 g/mol. The summed E-state index contributed by atoms with van der Waals surface area (Å²) in [6.07, 6.45) is 0.833. The third-order valence-corrected chi connectivity index (χ3v) is 3.57. The second-order valence-corrected chi connectivity index (χ2v) is 6.50. The fraction of sp³-hybridized carbons (Fsp3) is 0.571. The van der Waals surface area contributed by atoms with Crippen LogP contribution >= 0.6 is 15.9 Å². The van der Waals surface area contributed by atoms with Gasteiger partial charge in [-0.2, -0.15) is 0 Å². The van der Waals surface area contributed by atoms with E-state index in [1.807, 2.05) is 13.8 Å².